The number of hydrogen-bond acceptors (Lipinski definition) is 5. The summed E-state index contributed by atoms with van der Waals surface area (Å²) in [6, 6.07) is 15.7. The van der Waals surface area contributed by atoms with Crippen molar-refractivity contribution in [1.82, 2.24) is 29.4 Å². The summed E-state index contributed by atoms with van der Waals surface area (Å²) in [7, 11) is 1.51. The molecule has 45 heavy (non-hydrogen) atoms. The van der Waals surface area contributed by atoms with Gasteiger partial charge in [0.1, 0.15) is 11.5 Å². The van der Waals surface area contributed by atoms with Crippen molar-refractivity contribution in [2.24, 2.45) is 0 Å². The van der Waals surface area contributed by atoms with E-state index in [0.717, 1.165) is 17.2 Å². The molecule has 1 N–H and O–H groups in total. The summed E-state index contributed by atoms with van der Waals surface area (Å²) < 4.78 is 43.8. The number of hydrogen-bond donors (Lipinski definition) is 1. The minimum Gasteiger partial charge on any atom is -0.355 e. The molecule has 6 rings (SSSR count). The molecule has 0 spiro atoms. The number of nitrogens with zero attached hydrogens (tertiary/aromatic N) is 5. The van der Waals surface area contributed by atoms with Gasteiger partial charge in [0.15, 0.2) is 0 Å². The van der Waals surface area contributed by atoms with E-state index >= 15 is 0 Å². The van der Waals surface area contributed by atoms with Crippen molar-refractivity contribution in [3.63, 3.8) is 0 Å². The number of pyridine rings is 1. The van der Waals surface area contributed by atoms with E-state index in [1.807, 2.05) is 30.3 Å². The first kappa shape index (κ1) is 30.3. The van der Waals surface area contributed by atoms with Crippen molar-refractivity contribution in [3.8, 4) is 5.82 Å². The maximum absolute atomic E-state index is 14.3. The molecule has 0 bridgehead atoms. The normalized spacial score (nSPS) is 14.8. The van der Waals surface area contributed by atoms with E-state index in [-0.39, 0.29) is 40.3 Å². The number of nitrogens with one attached hydrogen (secondary N) is 1. The van der Waals surface area contributed by atoms with Gasteiger partial charge in [-0.05, 0) is 49.2 Å². The lowest BCUT2D eigenvalue weighted by molar-refractivity contribution is -0.138. The highest BCUT2D eigenvalue weighted by Crippen LogP contribution is 2.36. The van der Waals surface area contributed by atoms with E-state index in [0.29, 0.717) is 28.9 Å². The smallest absolute Gasteiger partial charge is 0.355 e. The molecular weight excluding hydrogens is 653 g/mol. The van der Waals surface area contributed by atoms with Gasteiger partial charge < -0.3 is 10.2 Å². The molecule has 9 nitrogen and oxygen atoms in total. The Morgan fingerprint density at radius 2 is 1.78 bits per heavy atom. The molecule has 2 amide bonds. The number of alkyl halides is 3. The van der Waals surface area contributed by atoms with Gasteiger partial charge in [-0.25, -0.2) is 14.1 Å². The van der Waals surface area contributed by atoms with Gasteiger partial charge in [0.05, 0.1) is 29.6 Å². The first-order chi connectivity index (χ1) is 21.5. The van der Waals surface area contributed by atoms with E-state index in [4.69, 9.17) is 0 Å². The molecule has 13 heteroatoms. The van der Waals surface area contributed by atoms with Crippen molar-refractivity contribution in [2.45, 2.75) is 38.5 Å². The summed E-state index contributed by atoms with van der Waals surface area (Å²) >= 11 is 2.93. The average molecular weight is 679 g/mol. The maximum Gasteiger partial charge on any atom is 0.417 e. The van der Waals surface area contributed by atoms with Crippen LogP contribution in [0.5, 0.6) is 0 Å². The number of amides is 2. The Morgan fingerprint density at radius 3 is 2.44 bits per heavy atom. The minimum absolute atomic E-state index is 0.0468. The monoisotopic (exact) mass is 678 g/mol. The Balaban J connectivity index is 1.49. The number of halogens is 4. The van der Waals surface area contributed by atoms with Crippen LogP contribution in [0.3, 0.4) is 0 Å². The number of carbonyl (C=O) groups excluding carboxylic acids is 2. The third kappa shape index (κ3) is 5.52. The maximum atomic E-state index is 14.3. The highest BCUT2D eigenvalue weighted by Gasteiger charge is 2.36. The number of carbonyl (C=O) groups is 2. The van der Waals surface area contributed by atoms with E-state index in [2.05, 4.69) is 31.3 Å². The highest BCUT2D eigenvalue weighted by atomic mass is 79.9. The van der Waals surface area contributed by atoms with Gasteiger partial charge in [0.25, 0.3) is 17.4 Å². The van der Waals surface area contributed by atoms with E-state index in [1.165, 1.54) is 34.8 Å². The zero-order valence-electron chi connectivity index (χ0n) is 24.1. The minimum atomic E-state index is -4.65. The van der Waals surface area contributed by atoms with Gasteiger partial charge in [0, 0.05) is 46.9 Å². The van der Waals surface area contributed by atoms with Crippen LogP contribution in [0.4, 0.5) is 13.2 Å². The molecule has 4 heterocycles. The van der Waals surface area contributed by atoms with Crippen LogP contribution < -0.4 is 10.9 Å². The van der Waals surface area contributed by atoms with Crippen LogP contribution >= 0.6 is 15.9 Å². The fourth-order valence-corrected chi connectivity index (χ4v) is 6.12. The summed E-state index contributed by atoms with van der Waals surface area (Å²) in [4.78, 5) is 46.0. The van der Waals surface area contributed by atoms with Crippen molar-refractivity contribution >= 4 is 33.4 Å². The van der Waals surface area contributed by atoms with Crippen LogP contribution in [-0.2, 0) is 25.6 Å². The van der Waals surface area contributed by atoms with E-state index in [1.54, 1.807) is 29.8 Å². The molecular formula is C32H26BrF3N6O3. The average Bonchev–Trinajstić information content (AvgIpc) is 3.43. The molecule has 230 valence electrons. The zero-order chi connectivity index (χ0) is 32.0. The van der Waals surface area contributed by atoms with Crippen LogP contribution in [0, 0.1) is 0 Å². The molecule has 0 fully saturated rings. The van der Waals surface area contributed by atoms with Crippen LogP contribution in [-0.4, -0.2) is 49.0 Å². The standard InChI is InChI=1S/C32H26BrF3N6O3/c1-18-12-23-26(17-40(18)30(44)20-8-10-25(33)24(14-20)32(34,35)36)42-29(22(16-39-42)13-19-6-4-3-5-7-19)41(31(23)45)27-11-9-21(15-38-27)28(43)37-2/h3-11,14-16,18H,12-13,17H2,1-2H3,(H,37,43)/t18-/m0/s1. The Bertz CT molecular complexity index is 2010. The van der Waals surface area contributed by atoms with Crippen molar-refractivity contribution in [2.75, 3.05) is 7.05 Å². The summed E-state index contributed by atoms with van der Waals surface area (Å²) in [5.74, 6) is -0.625. The topological polar surface area (TPSA) is 102 Å². The summed E-state index contributed by atoms with van der Waals surface area (Å²) in [6.45, 7) is 1.70. The van der Waals surface area contributed by atoms with Gasteiger partial charge in [0.2, 0.25) is 0 Å². The van der Waals surface area contributed by atoms with E-state index in [9.17, 15) is 27.6 Å². The van der Waals surface area contributed by atoms with Crippen LogP contribution in [0.25, 0.3) is 11.5 Å². The van der Waals surface area contributed by atoms with Gasteiger partial charge in [-0.3, -0.25) is 14.4 Å². The number of aromatic nitrogens is 4. The number of fused-ring (bicyclic) bond motifs is 3. The highest BCUT2D eigenvalue weighted by molar-refractivity contribution is 9.10. The molecule has 2 aromatic carbocycles. The number of rotatable bonds is 5. The lowest BCUT2D eigenvalue weighted by Crippen LogP contribution is -2.46. The Hall–Kier alpha value is -4.78. The zero-order valence-corrected chi connectivity index (χ0v) is 25.7. The first-order valence-corrected chi connectivity index (χ1v) is 14.8. The van der Waals surface area contributed by atoms with Gasteiger partial charge >= 0.3 is 6.18 Å². The van der Waals surface area contributed by atoms with Crippen LogP contribution in [0.15, 0.2) is 82.3 Å². The summed E-state index contributed by atoms with van der Waals surface area (Å²) in [5, 5.41) is 7.18. The molecule has 0 radical (unpaired) electrons. The molecule has 1 atom stereocenters. The first-order valence-electron chi connectivity index (χ1n) is 14.0. The molecule has 0 aliphatic carbocycles. The van der Waals surface area contributed by atoms with Crippen molar-refractivity contribution in [1.29, 1.82) is 0 Å². The third-order valence-corrected chi connectivity index (χ3v) is 8.62. The quantitative estimate of drug-likeness (QED) is 0.276. The molecule has 0 saturated carbocycles. The molecule has 5 aromatic rings. The summed E-state index contributed by atoms with van der Waals surface area (Å²) in [5.41, 5.74) is 1.93. The van der Waals surface area contributed by atoms with Gasteiger partial charge in [-0.2, -0.15) is 18.3 Å². The SMILES string of the molecule is CNC(=O)c1ccc(-n2c(=O)c3c(n4ncc(Cc5ccccc5)c24)CN(C(=O)c2ccc(Br)c(C(F)(F)F)c2)[C@@H](C)C3)nc1. The third-order valence-electron chi connectivity index (χ3n) is 7.93. The lowest BCUT2D eigenvalue weighted by Gasteiger charge is -2.35. The fraction of sp³-hybridized carbons (Fsp3) is 0.219. The van der Waals surface area contributed by atoms with Crippen LogP contribution in [0.2, 0.25) is 0 Å². The molecule has 0 unspecified atom stereocenters. The van der Waals surface area contributed by atoms with Gasteiger partial charge in [-0.1, -0.05) is 46.3 Å². The lowest BCUT2D eigenvalue weighted by atomic mass is 9.98. The van der Waals surface area contributed by atoms with E-state index < -0.39 is 23.7 Å². The van der Waals surface area contributed by atoms with Crippen molar-refractivity contribution < 1.29 is 22.8 Å². The Morgan fingerprint density at radius 1 is 1.04 bits per heavy atom. The second kappa shape index (κ2) is 11.6. The predicted octanol–water partition coefficient (Wildman–Crippen LogP) is 5.20. The molecule has 1 aliphatic rings. The van der Waals surface area contributed by atoms with Crippen LogP contribution in [0.1, 0.15) is 55.6 Å². The Labute approximate surface area is 263 Å². The molecule has 0 saturated heterocycles. The second-order valence-corrected chi connectivity index (χ2v) is 11.7. The molecule has 1 aliphatic heterocycles. The second-order valence-electron chi connectivity index (χ2n) is 10.8. The predicted molar refractivity (Wildman–Crippen MR) is 163 cm³/mol. The Kier molecular flexibility index (Phi) is 7.81. The molecule has 3 aromatic heterocycles. The fourth-order valence-electron chi connectivity index (χ4n) is 5.65. The summed E-state index contributed by atoms with van der Waals surface area (Å²) in [6.07, 6.45) is -1.02. The van der Waals surface area contributed by atoms with Crippen molar-refractivity contribution in [3.05, 3.63) is 127 Å². The largest absolute Gasteiger partial charge is 0.417 e. The number of benzene rings is 2. The van der Waals surface area contributed by atoms with Gasteiger partial charge in [-0.15, -0.1) is 0 Å².